The molecule has 0 aliphatic carbocycles. The molecule has 1 aromatic heterocycles. The minimum Gasteiger partial charge on any atom is -0.397 e. The van der Waals surface area contributed by atoms with Crippen LogP contribution in [-0.2, 0) is 0 Å². The van der Waals surface area contributed by atoms with Crippen LogP contribution in [0.15, 0.2) is 42.6 Å². The summed E-state index contributed by atoms with van der Waals surface area (Å²) in [6.45, 7) is 0. The summed E-state index contributed by atoms with van der Waals surface area (Å²) in [7, 11) is 0. The molecule has 1 heterocycles. The van der Waals surface area contributed by atoms with Gasteiger partial charge in [0.1, 0.15) is 5.82 Å². The van der Waals surface area contributed by atoms with Crippen molar-refractivity contribution in [2.75, 3.05) is 11.1 Å². The Morgan fingerprint density at radius 1 is 1.29 bits per heavy atom. The lowest BCUT2D eigenvalue weighted by Crippen LogP contribution is -2.13. The first kappa shape index (κ1) is 11.8. The number of nitrogen functional groups attached to an aromatic ring is 1. The third-order valence-corrected chi connectivity index (χ3v) is 2.79. The van der Waals surface area contributed by atoms with E-state index in [4.69, 9.17) is 5.73 Å². The number of benzene rings is 1. The summed E-state index contributed by atoms with van der Waals surface area (Å²) in [6, 6.07) is 10.7. The molecule has 0 bridgehead atoms. The fourth-order valence-electron chi connectivity index (χ4n) is 1.30. The molecule has 17 heavy (non-hydrogen) atoms. The van der Waals surface area contributed by atoms with Crippen LogP contribution in [0.5, 0.6) is 0 Å². The molecule has 0 fully saturated rings. The maximum Gasteiger partial charge on any atom is 0.256 e. The summed E-state index contributed by atoms with van der Waals surface area (Å²) < 4.78 is 1.01. The first-order valence-corrected chi connectivity index (χ1v) is 6.01. The molecular formula is C12H10IN3O. The van der Waals surface area contributed by atoms with Gasteiger partial charge in [-0.25, -0.2) is 4.98 Å². The normalized spacial score (nSPS) is 9.94. The molecule has 3 N–H and O–H groups in total. The second-order valence-corrected chi connectivity index (χ2v) is 4.69. The summed E-state index contributed by atoms with van der Waals surface area (Å²) in [5.41, 5.74) is 6.69. The molecule has 1 aromatic carbocycles. The summed E-state index contributed by atoms with van der Waals surface area (Å²) in [6.07, 6.45) is 1.50. The van der Waals surface area contributed by atoms with Gasteiger partial charge in [-0.2, -0.15) is 0 Å². The van der Waals surface area contributed by atoms with E-state index >= 15 is 0 Å². The highest BCUT2D eigenvalue weighted by atomic mass is 127. The van der Waals surface area contributed by atoms with Gasteiger partial charge in [0.25, 0.3) is 5.91 Å². The van der Waals surface area contributed by atoms with E-state index in [-0.39, 0.29) is 5.91 Å². The summed E-state index contributed by atoms with van der Waals surface area (Å²) in [5.74, 6) is 0.309. The molecule has 1 amide bonds. The first-order chi connectivity index (χ1) is 8.15. The summed E-state index contributed by atoms with van der Waals surface area (Å²) in [4.78, 5) is 15.9. The fourth-order valence-corrected chi connectivity index (χ4v) is 1.84. The first-order valence-electron chi connectivity index (χ1n) is 4.93. The molecule has 0 saturated heterocycles. The van der Waals surface area contributed by atoms with Crippen LogP contribution in [0.4, 0.5) is 11.5 Å². The number of nitrogens with two attached hydrogens (primary N) is 1. The van der Waals surface area contributed by atoms with Gasteiger partial charge in [-0.05, 0) is 52.9 Å². The van der Waals surface area contributed by atoms with E-state index in [2.05, 4.69) is 32.9 Å². The lowest BCUT2D eigenvalue weighted by Gasteiger charge is -2.04. The molecule has 0 aliphatic rings. The standard InChI is InChI=1S/C12H10IN3O/c13-9-3-1-2-8(6-9)12(17)16-11-5-4-10(14)7-15-11/h1-7H,14H2,(H,15,16,17). The largest absolute Gasteiger partial charge is 0.397 e. The molecule has 0 saturated carbocycles. The van der Waals surface area contributed by atoms with Crippen LogP contribution in [-0.4, -0.2) is 10.9 Å². The van der Waals surface area contributed by atoms with Gasteiger partial charge < -0.3 is 11.1 Å². The van der Waals surface area contributed by atoms with Gasteiger partial charge in [-0.15, -0.1) is 0 Å². The third-order valence-electron chi connectivity index (χ3n) is 2.11. The van der Waals surface area contributed by atoms with E-state index in [0.29, 0.717) is 17.1 Å². The third kappa shape index (κ3) is 3.16. The monoisotopic (exact) mass is 339 g/mol. The van der Waals surface area contributed by atoms with Crippen LogP contribution in [0, 0.1) is 3.57 Å². The second kappa shape index (κ2) is 5.13. The molecule has 4 nitrogen and oxygen atoms in total. The van der Waals surface area contributed by atoms with Crippen LogP contribution in [0.1, 0.15) is 10.4 Å². The number of anilines is 2. The summed E-state index contributed by atoms with van der Waals surface area (Å²) >= 11 is 2.16. The fraction of sp³-hybridized carbons (Fsp3) is 0. The van der Waals surface area contributed by atoms with Crippen molar-refractivity contribution in [1.82, 2.24) is 4.98 Å². The van der Waals surface area contributed by atoms with Crippen molar-refractivity contribution in [3.63, 3.8) is 0 Å². The molecule has 0 unspecified atom stereocenters. The van der Waals surface area contributed by atoms with Crippen molar-refractivity contribution in [1.29, 1.82) is 0 Å². The average molecular weight is 339 g/mol. The Labute approximate surface area is 112 Å². The SMILES string of the molecule is Nc1ccc(NC(=O)c2cccc(I)c2)nc1. The number of halogens is 1. The Hall–Kier alpha value is -1.63. The Kier molecular flexibility index (Phi) is 3.58. The van der Waals surface area contributed by atoms with Crippen LogP contribution < -0.4 is 11.1 Å². The molecular weight excluding hydrogens is 329 g/mol. The number of hydrogen-bond acceptors (Lipinski definition) is 3. The number of hydrogen-bond donors (Lipinski definition) is 2. The lowest BCUT2D eigenvalue weighted by atomic mass is 10.2. The van der Waals surface area contributed by atoms with E-state index < -0.39 is 0 Å². The number of carbonyl (C=O) groups excluding carboxylic acids is 1. The maximum atomic E-state index is 11.9. The zero-order valence-electron chi connectivity index (χ0n) is 8.85. The molecule has 0 spiro atoms. The highest BCUT2D eigenvalue weighted by molar-refractivity contribution is 14.1. The molecule has 0 aliphatic heterocycles. The molecule has 0 radical (unpaired) electrons. The number of pyridine rings is 1. The van der Waals surface area contributed by atoms with Crippen molar-refractivity contribution < 1.29 is 4.79 Å². The summed E-state index contributed by atoms with van der Waals surface area (Å²) in [5, 5.41) is 2.70. The molecule has 5 heteroatoms. The van der Waals surface area contributed by atoms with Gasteiger partial charge in [0.2, 0.25) is 0 Å². The van der Waals surface area contributed by atoms with Gasteiger partial charge in [-0.1, -0.05) is 6.07 Å². The van der Waals surface area contributed by atoms with Crippen molar-refractivity contribution in [3.05, 3.63) is 51.7 Å². The van der Waals surface area contributed by atoms with Gasteiger partial charge >= 0.3 is 0 Å². The number of amides is 1. The minimum absolute atomic E-state index is 0.180. The lowest BCUT2D eigenvalue weighted by molar-refractivity contribution is 0.102. The van der Waals surface area contributed by atoms with Crippen LogP contribution in [0.2, 0.25) is 0 Å². The minimum atomic E-state index is -0.180. The molecule has 86 valence electrons. The van der Waals surface area contributed by atoms with Gasteiger partial charge in [0.05, 0.1) is 11.9 Å². The zero-order valence-corrected chi connectivity index (χ0v) is 11.0. The Balaban J connectivity index is 2.14. The quantitative estimate of drug-likeness (QED) is 0.827. The Morgan fingerprint density at radius 2 is 2.12 bits per heavy atom. The number of nitrogens with one attached hydrogen (secondary N) is 1. The van der Waals surface area contributed by atoms with E-state index in [9.17, 15) is 4.79 Å². The van der Waals surface area contributed by atoms with Crippen molar-refractivity contribution >= 4 is 40.0 Å². The van der Waals surface area contributed by atoms with Gasteiger partial charge in [0, 0.05) is 9.13 Å². The van der Waals surface area contributed by atoms with Crippen molar-refractivity contribution in [2.45, 2.75) is 0 Å². The van der Waals surface area contributed by atoms with Crippen LogP contribution in [0.25, 0.3) is 0 Å². The van der Waals surface area contributed by atoms with E-state index in [0.717, 1.165) is 3.57 Å². The van der Waals surface area contributed by atoms with Crippen molar-refractivity contribution in [2.24, 2.45) is 0 Å². The van der Waals surface area contributed by atoms with E-state index in [1.54, 1.807) is 18.2 Å². The molecule has 0 atom stereocenters. The number of rotatable bonds is 2. The molecule has 2 rings (SSSR count). The van der Waals surface area contributed by atoms with Gasteiger partial charge in [-0.3, -0.25) is 4.79 Å². The topological polar surface area (TPSA) is 68.0 Å². The predicted molar refractivity (Wildman–Crippen MR) is 75.8 cm³/mol. The van der Waals surface area contributed by atoms with Crippen LogP contribution in [0.3, 0.4) is 0 Å². The Bertz CT molecular complexity index is 540. The van der Waals surface area contributed by atoms with E-state index in [1.165, 1.54) is 6.20 Å². The number of aromatic nitrogens is 1. The molecule has 2 aromatic rings. The van der Waals surface area contributed by atoms with Crippen molar-refractivity contribution in [3.8, 4) is 0 Å². The predicted octanol–water partition coefficient (Wildman–Crippen LogP) is 2.52. The highest BCUT2D eigenvalue weighted by Crippen LogP contribution is 2.11. The second-order valence-electron chi connectivity index (χ2n) is 3.44. The average Bonchev–Trinajstić information content (AvgIpc) is 2.32. The highest BCUT2D eigenvalue weighted by Gasteiger charge is 2.06. The number of carbonyl (C=O) groups is 1. The number of nitrogens with zero attached hydrogens (tertiary/aromatic N) is 1. The van der Waals surface area contributed by atoms with Crippen LogP contribution >= 0.6 is 22.6 Å². The Morgan fingerprint density at radius 3 is 2.76 bits per heavy atom. The van der Waals surface area contributed by atoms with E-state index in [1.807, 2.05) is 18.2 Å². The maximum absolute atomic E-state index is 11.9. The van der Waals surface area contributed by atoms with Gasteiger partial charge in [0.15, 0.2) is 0 Å². The smallest absolute Gasteiger partial charge is 0.256 e. The zero-order chi connectivity index (χ0) is 12.3.